The van der Waals surface area contributed by atoms with E-state index < -0.39 is 5.91 Å². The number of hydrogen-bond acceptors (Lipinski definition) is 5. The van der Waals surface area contributed by atoms with Crippen LogP contribution in [-0.4, -0.2) is 28.8 Å². The van der Waals surface area contributed by atoms with E-state index in [2.05, 4.69) is 10.5 Å². The van der Waals surface area contributed by atoms with E-state index in [0.717, 1.165) is 10.8 Å². The minimum absolute atomic E-state index is 0.109. The van der Waals surface area contributed by atoms with E-state index in [9.17, 15) is 9.59 Å². The first-order chi connectivity index (χ1) is 14.5. The number of thioether (sulfide) groups is 1. The van der Waals surface area contributed by atoms with Crippen LogP contribution in [0.3, 0.4) is 0 Å². The fourth-order valence-corrected chi connectivity index (χ4v) is 4.04. The van der Waals surface area contributed by atoms with Crippen molar-refractivity contribution in [2.45, 2.75) is 12.2 Å². The number of rotatable bonds is 5. The third kappa shape index (κ3) is 4.42. The molecule has 0 radical (unpaired) electrons. The summed E-state index contributed by atoms with van der Waals surface area (Å²) in [4.78, 5) is 26.2. The van der Waals surface area contributed by atoms with Crippen LogP contribution in [0, 0.1) is 0 Å². The highest BCUT2D eigenvalue weighted by atomic mass is 35.5. The van der Waals surface area contributed by atoms with E-state index >= 15 is 0 Å². The van der Waals surface area contributed by atoms with Gasteiger partial charge in [-0.1, -0.05) is 53.7 Å². The monoisotopic (exact) mass is 439 g/mol. The third-order valence-corrected chi connectivity index (χ3v) is 5.79. The molecular formula is C22H18ClN3O3S. The van der Waals surface area contributed by atoms with Gasteiger partial charge in [-0.15, -0.1) is 5.10 Å². The molecule has 4 rings (SSSR count). The largest absolute Gasteiger partial charge is 0.484 e. The van der Waals surface area contributed by atoms with E-state index in [1.165, 1.54) is 16.7 Å². The van der Waals surface area contributed by atoms with Crippen molar-refractivity contribution >= 4 is 56.8 Å². The maximum absolute atomic E-state index is 12.5. The van der Waals surface area contributed by atoms with Crippen molar-refractivity contribution < 1.29 is 14.3 Å². The molecule has 1 N–H and O–H groups in total. The smallest absolute Gasteiger partial charge is 0.278 e. The molecule has 0 unspecified atom stereocenters. The zero-order valence-corrected chi connectivity index (χ0v) is 17.6. The van der Waals surface area contributed by atoms with Crippen LogP contribution in [0.1, 0.15) is 6.92 Å². The molecule has 0 bridgehead atoms. The summed E-state index contributed by atoms with van der Waals surface area (Å²) in [7, 11) is 0. The normalized spacial score (nSPS) is 17.5. The van der Waals surface area contributed by atoms with Crippen LogP contribution < -0.4 is 15.1 Å². The Kier molecular flexibility index (Phi) is 5.92. The number of anilines is 1. The van der Waals surface area contributed by atoms with Crippen molar-refractivity contribution in [1.82, 2.24) is 5.43 Å². The molecule has 2 amide bonds. The summed E-state index contributed by atoms with van der Waals surface area (Å²) in [5.74, 6) is 0.0698. The first-order valence-electron chi connectivity index (χ1n) is 9.25. The molecule has 0 aromatic heterocycles. The highest BCUT2D eigenvalue weighted by molar-refractivity contribution is 8.16. The molecule has 1 atom stereocenters. The van der Waals surface area contributed by atoms with Crippen LogP contribution in [0.15, 0.2) is 71.8 Å². The second-order valence-corrected chi connectivity index (χ2v) is 8.38. The predicted molar refractivity (Wildman–Crippen MR) is 121 cm³/mol. The molecule has 0 spiro atoms. The number of carbonyl (C=O) groups excluding carboxylic acids is 2. The van der Waals surface area contributed by atoms with Crippen LogP contribution in [0.25, 0.3) is 10.8 Å². The molecule has 1 saturated heterocycles. The van der Waals surface area contributed by atoms with Crippen molar-refractivity contribution in [3.63, 3.8) is 0 Å². The van der Waals surface area contributed by atoms with Gasteiger partial charge in [0.2, 0.25) is 5.91 Å². The fraction of sp³-hybridized carbons (Fsp3) is 0.136. The minimum atomic E-state index is -0.417. The van der Waals surface area contributed by atoms with E-state index in [4.69, 9.17) is 16.3 Å². The predicted octanol–water partition coefficient (Wildman–Crippen LogP) is 4.43. The number of hydrogen-bond donors (Lipinski definition) is 1. The number of amides is 2. The third-order valence-electron chi connectivity index (χ3n) is 4.49. The first-order valence-corrected chi connectivity index (χ1v) is 10.5. The zero-order chi connectivity index (χ0) is 21.1. The number of nitrogens with one attached hydrogen (secondary N) is 1. The second-order valence-electron chi connectivity index (χ2n) is 6.64. The maximum atomic E-state index is 12.5. The Morgan fingerprint density at radius 3 is 2.63 bits per heavy atom. The molecule has 30 heavy (non-hydrogen) atoms. The minimum Gasteiger partial charge on any atom is -0.484 e. The Morgan fingerprint density at radius 2 is 1.87 bits per heavy atom. The van der Waals surface area contributed by atoms with Crippen molar-refractivity contribution in [2.24, 2.45) is 5.10 Å². The Morgan fingerprint density at radius 1 is 1.13 bits per heavy atom. The Hall–Kier alpha value is -3.03. The molecular weight excluding hydrogens is 422 g/mol. The van der Waals surface area contributed by atoms with E-state index in [1.54, 1.807) is 31.2 Å². The van der Waals surface area contributed by atoms with Gasteiger partial charge in [-0.05, 0) is 54.1 Å². The van der Waals surface area contributed by atoms with Gasteiger partial charge in [0.05, 0.1) is 10.9 Å². The fourth-order valence-electron chi connectivity index (χ4n) is 2.99. The Balaban J connectivity index is 1.41. The number of fused-ring (bicyclic) bond motifs is 1. The van der Waals surface area contributed by atoms with Crippen LogP contribution in [0.2, 0.25) is 5.02 Å². The molecule has 1 fully saturated rings. The number of amidine groups is 1. The lowest BCUT2D eigenvalue weighted by Crippen LogP contribution is -2.33. The van der Waals surface area contributed by atoms with Crippen LogP contribution >= 0.6 is 23.4 Å². The summed E-state index contributed by atoms with van der Waals surface area (Å²) < 4.78 is 5.57. The first kappa shape index (κ1) is 20.3. The summed E-state index contributed by atoms with van der Waals surface area (Å²) >= 11 is 7.21. The summed E-state index contributed by atoms with van der Waals surface area (Å²) in [6.45, 7) is 1.60. The van der Waals surface area contributed by atoms with E-state index in [-0.39, 0.29) is 17.8 Å². The Bertz CT molecular complexity index is 1130. The van der Waals surface area contributed by atoms with Gasteiger partial charge in [0.25, 0.3) is 5.91 Å². The molecule has 1 heterocycles. The van der Waals surface area contributed by atoms with Crippen LogP contribution in [0.5, 0.6) is 5.75 Å². The number of hydrazone groups is 1. The molecule has 3 aromatic carbocycles. The van der Waals surface area contributed by atoms with E-state index in [0.29, 0.717) is 21.6 Å². The summed E-state index contributed by atoms with van der Waals surface area (Å²) in [5, 5.41) is 6.94. The van der Waals surface area contributed by atoms with Gasteiger partial charge in [0, 0.05) is 5.02 Å². The maximum Gasteiger partial charge on any atom is 0.278 e. The lowest BCUT2D eigenvalue weighted by atomic mass is 10.1. The molecule has 1 aliphatic rings. The van der Waals surface area contributed by atoms with Gasteiger partial charge in [-0.3, -0.25) is 14.5 Å². The summed E-state index contributed by atoms with van der Waals surface area (Å²) in [6.07, 6.45) is 0. The summed E-state index contributed by atoms with van der Waals surface area (Å²) in [5.41, 5.74) is 3.11. The lowest BCUT2D eigenvalue weighted by molar-refractivity contribution is -0.123. The average Bonchev–Trinajstić information content (AvgIpc) is 3.04. The van der Waals surface area contributed by atoms with Crippen LogP contribution in [-0.2, 0) is 9.59 Å². The van der Waals surface area contributed by atoms with Gasteiger partial charge in [-0.25, -0.2) is 5.43 Å². The lowest BCUT2D eigenvalue weighted by Gasteiger charge is -2.16. The SMILES string of the molecule is C[C@@H]1S/C(=N\NC(=O)COc2ccc3ccccc3c2)N(c2ccc(Cl)cc2)C1=O. The molecule has 0 saturated carbocycles. The van der Waals surface area contributed by atoms with Gasteiger partial charge in [0.1, 0.15) is 5.75 Å². The van der Waals surface area contributed by atoms with Gasteiger partial charge in [-0.2, -0.15) is 0 Å². The summed E-state index contributed by atoms with van der Waals surface area (Å²) in [6, 6.07) is 20.4. The number of benzene rings is 3. The van der Waals surface area contributed by atoms with Gasteiger partial charge >= 0.3 is 0 Å². The average molecular weight is 440 g/mol. The standard InChI is InChI=1S/C22H18ClN3O3S/c1-14-21(28)26(18-9-7-17(23)8-10-18)22(30-14)25-24-20(27)13-29-19-11-6-15-4-2-3-5-16(15)12-19/h2-12,14H,13H2,1H3,(H,24,27)/b25-22-/t14-/m0/s1. The van der Waals surface area contributed by atoms with Gasteiger partial charge in [0.15, 0.2) is 11.8 Å². The van der Waals surface area contributed by atoms with Crippen molar-refractivity contribution in [1.29, 1.82) is 0 Å². The molecule has 6 nitrogen and oxygen atoms in total. The molecule has 0 aliphatic carbocycles. The van der Waals surface area contributed by atoms with E-state index in [1.807, 2.05) is 42.5 Å². The Labute approximate surface area is 182 Å². The number of carbonyl (C=O) groups is 2. The molecule has 152 valence electrons. The van der Waals surface area contributed by atoms with Crippen molar-refractivity contribution in [2.75, 3.05) is 11.5 Å². The van der Waals surface area contributed by atoms with Crippen molar-refractivity contribution in [3.8, 4) is 5.75 Å². The molecule has 1 aliphatic heterocycles. The number of nitrogens with zero attached hydrogens (tertiary/aromatic N) is 2. The second kappa shape index (κ2) is 8.77. The molecule has 3 aromatic rings. The highest BCUT2D eigenvalue weighted by Crippen LogP contribution is 2.32. The number of ether oxygens (including phenoxy) is 1. The highest BCUT2D eigenvalue weighted by Gasteiger charge is 2.36. The molecule has 8 heteroatoms. The van der Waals surface area contributed by atoms with Crippen LogP contribution in [0.4, 0.5) is 5.69 Å². The quantitative estimate of drug-likeness (QED) is 0.597. The zero-order valence-electron chi connectivity index (χ0n) is 16.0. The van der Waals surface area contributed by atoms with Crippen molar-refractivity contribution in [3.05, 3.63) is 71.8 Å². The van der Waals surface area contributed by atoms with Gasteiger partial charge < -0.3 is 4.74 Å². The number of halogens is 1. The topological polar surface area (TPSA) is 71.0 Å².